The van der Waals surface area contributed by atoms with Crippen molar-refractivity contribution >= 4 is 17.8 Å². The maximum Gasteiger partial charge on any atom is 0.326 e. The highest BCUT2D eigenvalue weighted by atomic mass is 16.4. The lowest BCUT2D eigenvalue weighted by Gasteiger charge is -2.36. The number of carbonyl (C=O) groups excluding carboxylic acids is 2. The zero-order valence-electron chi connectivity index (χ0n) is 15.6. The van der Waals surface area contributed by atoms with Crippen molar-refractivity contribution in [2.45, 2.75) is 77.0 Å². The molecule has 1 saturated carbocycles. The van der Waals surface area contributed by atoms with Gasteiger partial charge >= 0.3 is 5.97 Å². The quantitative estimate of drug-likeness (QED) is 0.661. The number of carboxylic acid groups (broad SMARTS) is 1. The van der Waals surface area contributed by atoms with Crippen molar-refractivity contribution in [2.75, 3.05) is 7.05 Å². The van der Waals surface area contributed by atoms with E-state index in [4.69, 9.17) is 0 Å². The van der Waals surface area contributed by atoms with Crippen molar-refractivity contribution in [1.82, 2.24) is 15.5 Å². The van der Waals surface area contributed by atoms with Crippen molar-refractivity contribution in [3.05, 3.63) is 0 Å². The zero-order valence-corrected chi connectivity index (χ0v) is 15.6. The molecule has 142 valence electrons. The summed E-state index contributed by atoms with van der Waals surface area (Å²) in [5.74, 6) is -1.30. The number of amides is 2. The average molecular weight is 353 g/mol. The van der Waals surface area contributed by atoms with Crippen LogP contribution in [0.2, 0.25) is 0 Å². The van der Waals surface area contributed by atoms with Gasteiger partial charge in [-0.3, -0.25) is 9.59 Å². The van der Waals surface area contributed by atoms with Crippen LogP contribution in [-0.4, -0.2) is 59.0 Å². The average Bonchev–Trinajstić information content (AvgIpc) is 2.97. The normalized spacial score (nSPS) is 28.4. The number of aliphatic carboxylic acids is 1. The number of hydrogen-bond donors (Lipinski definition) is 3. The van der Waals surface area contributed by atoms with Crippen LogP contribution in [0.4, 0.5) is 0 Å². The molecule has 0 aromatic carbocycles. The van der Waals surface area contributed by atoms with Gasteiger partial charge in [-0.2, -0.15) is 0 Å². The van der Waals surface area contributed by atoms with Crippen molar-refractivity contribution < 1.29 is 19.5 Å². The van der Waals surface area contributed by atoms with E-state index in [1.54, 1.807) is 18.9 Å². The summed E-state index contributed by atoms with van der Waals surface area (Å²) >= 11 is 0. The molecular formula is C18H31N3O4. The molecule has 0 aromatic rings. The van der Waals surface area contributed by atoms with Crippen LogP contribution in [0.5, 0.6) is 0 Å². The lowest BCUT2D eigenvalue weighted by Crippen LogP contribution is -2.58. The van der Waals surface area contributed by atoms with Crippen molar-refractivity contribution in [1.29, 1.82) is 0 Å². The Kier molecular flexibility index (Phi) is 6.43. The molecule has 0 bridgehead atoms. The van der Waals surface area contributed by atoms with Crippen LogP contribution in [0.15, 0.2) is 0 Å². The fourth-order valence-corrected chi connectivity index (χ4v) is 4.08. The molecule has 1 aliphatic carbocycles. The molecule has 2 amide bonds. The van der Waals surface area contributed by atoms with Gasteiger partial charge < -0.3 is 20.6 Å². The summed E-state index contributed by atoms with van der Waals surface area (Å²) in [6.07, 6.45) is 4.48. The minimum Gasteiger partial charge on any atom is -0.480 e. The summed E-state index contributed by atoms with van der Waals surface area (Å²) in [5.41, 5.74) is 0. The third-order valence-electron chi connectivity index (χ3n) is 5.68. The molecule has 1 heterocycles. The largest absolute Gasteiger partial charge is 0.480 e. The van der Waals surface area contributed by atoms with Crippen LogP contribution in [0.3, 0.4) is 0 Å². The van der Waals surface area contributed by atoms with Crippen LogP contribution in [0, 0.1) is 11.8 Å². The van der Waals surface area contributed by atoms with Crippen LogP contribution in [0.25, 0.3) is 0 Å². The Labute approximate surface area is 149 Å². The Hall–Kier alpha value is -1.63. The number of hydrogen-bond acceptors (Lipinski definition) is 4. The molecule has 5 unspecified atom stereocenters. The predicted octanol–water partition coefficient (Wildman–Crippen LogP) is 0.979. The topological polar surface area (TPSA) is 98.7 Å². The monoisotopic (exact) mass is 353 g/mol. The zero-order chi connectivity index (χ0) is 18.7. The van der Waals surface area contributed by atoms with Gasteiger partial charge in [0.2, 0.25) is 11.8 Å². The molecule has 2 rings (SSSR count). The fraction of sp³-hybridized carbons (Fsp3) is 0.833. The van der Waals surface area contributed by atoms with Gasteiger partial charge in [-0.1, -0.05) is 26.7 Å². The lowest BCUT2D eigenvalue weighted by molar-refractivity contribution is -0.151. The summed E-state index contributed by atoms with van der Waals surface area (Å²) in [6.45, 7) is 5.47. The molecular weight excluding hydrogens is 322 g/mol. The molecule has 7 nitrogen and oxygen atoms in total. The highest BCUT2D eigenvalue weighted by Crippen LogP contribution is 2.40. The number of carbonyl (C=O) groups is 3. The molecule has 2 aliphatic rings. The Bertz CT molecular complexity index is 522. The lowest BCUT2D eigenvalue weighted by atomic mass is 9.84. The summed E-state index contributed by atoms with van der Waals surface area (Å²) < 4.78 is 0. The molecule has 25 heavy (non-hydrogen) atoms. The molecule has 3 N–H and O–H groups in total. The number of carboxylic acids is 1. The first-order chi connectivity index (χ1) is 11.8. The Morgan fingerprint density at radius 1 is 1.12 bits per heavy atom. The van der Waals surface area contributed by atoms with Gasteiger partial charge in [0.1, 0.15) is 12.1 Å². The summed E-state index contributed by atoms with van der Waals surface area (Å²) in [7, 11) is 1.68. The van der Waals surface area contributed by atoms with Crippen LogP contribution >= 0.6 is 0 Å². The number of fused-ring (bicyclic) bond motifs is 1. The van der Waals surface area contributed by atoms with E-state index in [2.05, 4.69) is 10.6 Å². The minimum atomic E-state index is -0.944. The SMILES string of the molecule is CNC(C)C(=O)NC(C(=O)N1C(C(=O)O)CC2CCCCC21)C(C)C. The van der Waals surface area contributed by atoms with Gasteiger partial charge in [-0.15, -0.1) is 0 Å². The molecule has 0 spiro atoms. The molecule has 0 aromatic heterocycles. The minimum absolute atomic E-state index is 0.0118. The maximum atomic E-state index is 13.2. The summed E-state index contributed by atoms with van der Waals surface area (Å²) in [6, 6.07) is -1.90. The van der Waals surface area contributed by atoms with E-state index in [9.17, 15) is 19.5 Å². The van der Waals surface area contributed by atoms with Gasteiger partial charge in [0.05, 0.1) is 6.04 Å². The van der Waals surface area contributed by atoms with Gasteiger partial charge in [-0.05, 0) is 45.1 Å². The molecule has 7 heteroatoms. The number of nitrogens with one attached hydrogen (secondary N) is 2. The van der Waals surface area contributed by atoms with E-state index in [1.807, 2.05) is 13.8 Å². The molecule has 2 fully saturated rings. The van der Waals surface area contributed by atoms with Crippen molar-refractivity contribution in [3.8, 4) is 0 Å². The van der Waals surface area contributed by atoms with E-state index < -0.39 is 24.1 Å². The number of nitrogens with zero attached hydrogens (tertiary/aromatic N) is 1. The first-order valence-corrected chi connectivity index (χ1v) is 9.30. The maximum absolute atomic E-state index is 13.2. The van der Waals surface area contributed by atoms with E-state index in [-0.39, 0.29) is 29.7 Å². The number of rotatable bonds is 6. The first kappa shape index (κ1) is 19.7. The van der Waals surface area contributed by atoms with E-state index in [1.165, 1.54) is 0 Å². The predicted molar refractivity (Wildman–Crippen MR) is 93.9 cm³/mol. The highest BCUT2D eigenvalue weighted by molar-refractivity contribution is 5.92. The van der Waals surface area contributed by atoms with Gasteiger partial charge in [0.15, 0.2) is 0 Å². The molecule has 0 radical (unpaired) electrons. The second-order valence-electron chi connectivity index (χ2n) is 7.69. The second kappa shape index (κ2) is 8.17. The second-order valence-corrected chi connectivity index (χ2v) is 7.69. The van der Waals surface area contributed by atoms with Crippen molar-refractivity contribution in [3.63, 3.8) is 0 Å². The third kappa shape index (κ3) is 4.14. The smallest absolute Gasteiger partial charge is 0.326 e. The standard InChI is InChI=1S/C18H31N3O4/c1-10(2)15(20-16(22)11(3)19-4)17(23)21-13-8-6-5-7-12(13)9-14(21)18(24)25/h10-15,19H,5-9H2,1-4H3,(H,20,22)(H,24,25). The Morgan fingerprint density at radius 2 is 1.76 bits per heavy atom. The summed E-state index contributed by atoms with van der Waals surface area (Å²) in [5, 5.41) is 15.3. The van der Waals surface area contributed by atoms with Gasteiger partial charge in [0.25, 0.3) is 0 Å². The van der Waals surface area contributed by atoms with Gasteiger partial charge in [-0.25, -0.2) is 4.79 Å². The molecule has 1 saturated heterocycles. The van der Waals surface area contributed by atoms with E-state index in [0.717, 1.165) is 25.7 Å². The number of likely N-dealkylation sites (N-methyl/N-ethyl adjacent to an activating group) is 1. The number of likely N-dealkylation sites (tertiary alicyclic amines) is 1. The Morgan fingerprint density at radius 3 is 2.32 bits per heavy atom. The van der Waals surface area contributed by atoms with Crippen molar-refractivity contribution in [2.24, 2.45) is 11.8 Å². The van der Waals surface area contributed by atoms with E-state index >= 15 is 0 Å². The van der Waals surface area contributed by atoms with E-state index in [0.29, 0.717) is 6.42 Å². The summed E-state index contributed by atoms with van der Waals surface area (Å²) in [4.78, 5) is 38.8. The highest BCUT2D eigenvalue weighted by Gasteiger charge is 2.49. The molecule has 5 atom stereocenters. The van der Waals surface area contributed by atoms with Crippen LogP contribution in [-0.2, 0) is 14.4 Å². The fourth-order valence-electron chi connectivity index (χ4n) is 4.08. The first-order valence-electron chi connectivity index (χ1n) is 9.30. The third-order valence-corrected chi connectivity index (χ3v) is 5.68. The Balaban J connectivity index is 2.23. The molecule has 1 aliphatic heterocycles. The van der Waals surface area contributed by atoms with Crippen LogP contribution < -0.4 is 10.6 Å². The van der Waals surface area contributed by atoms with Crippen LogP contribution in [0.1, 0.15) is 52.9 Å². The van der Waals surface area contributed by atoms with Gasteiger partial charge in [0, 0.05) is 6.04 Å².